The zero-order valence-corrected chi connectivity index (χ0v) is 21.1. The SMILES string of the molecule is Cc1cc(N2C[C@@H](C)N(C)[C@@H](C)C2)ncc1C(=O)Nc1ccc(Cl)c(-c2nc3ccccc3[nH]2)c1. The third-order valence-corrected chi connectivity index (χ3v) is 7.22. The summed E-state index contributed by atoms with van der Waals surface area (Å²) < 4.78 is 0. The summed E-state index contributed by atoms with van der Waals surface area (Å²) in [5, 5.41) is 3.55. The first-order valence-corrected chi connectivity index (χ1v) is 12.2. The van der Waals surface area contributed by atoms with E-state index in [1.165, 1.54) is 0 Å². The van der Waals surface area contributed by atoms with E-state index in [-0.39, 0.29) is 5.91 Å². The second-order valence-corrected chi connectivity index (χ2v) is 9.78. The lowest BCUT2D eigenvalue weighted by Crippen LogP contribution is -2.55. The number of para-hydroxylation sites is 2. The number of imidazole rings is 1. The molecule has 1 aliphatic rings. The van der Waals surface area contributed by atoms with Gasteiger partial charge in [0, 0.05) is 42.6 Å². The van der Waals surface area contributed by atoms with E-state index in [9.17, 15) is 4.79 Å². The Morgan fingerprint density at radius 3 is 2.57 bits per heavy atom. The number of carbonyl (C=O) groups is 1. The van der Waals surface area contributed by atoms with E-state index in [0.717, 1.165) is 41.1 Å². The van der Waals surface area contributed by atoms with Crippen LogP contribution in [0.2, 0.25) is 5.02 Å². The van der Waals surface area contributed by atoms with Crippen molar-refractivity contribution in [1.82, 2.24) is 19.9 Å². The average molecular weight is 489 g/mol. The number of hydrogen-bond donors (Lipinski definition) is 2. The number of aryl methyl sites for hydroxylation is 1. The van der Waals surface area contributed by atoms with E-state index >= 15 is 0 Å². The number of anilines is 2. The molecular weight excluding hydrogens is 460 g/mol. The number of benzene rings is 2. The van der Waals surface area contributed by atoms with Crippen LogP contribution in [0.1, 0.15) is 29.8 Å². The Morgan fingerprint density at radius 1 is 1.11 bits per heavy atom. The fourth-order valence-electron chi connectivity index (χ4n) is 4.61. The van der Waals surface area contributed by atoms with Crippen molar-refractivity contribution < 1.29 is 4.79 Å². The lowest BCUT2D eigenvalue weighted by Gasteiger charge is -2.43. The number of rotatable bonds is 4. The lowest BCUT2D eigenvalue weighted by atomic mass is 10.1. The molecule has 0 radical (unpaired) electrons. The van der Waals surface area contributed by atoms with Crippen molar-refractivity contribution in [2.45, 2.75) is 32.9 Å². The largest absolute Gasteiger partial charge is 0.353 e. The number of H-pyrrole nitrogens is 1. The Labute approximate surface area is 210 Å². The van der Waals surface area contributed by atoms with Gasteiger partial charge in [-0.2, -0.15) is 0 Å². The summed E-state index contributed by atoms with van der Waals surface area (Å²) in [5.41, 5.74) is 4.59. The highest BCUT2D eigenvalue weighted by atomic mass is 35.5. The summed E-state index contributed by atoms with van der Waals surface area (Å²) in [6.07, 6.45) is 1.67. The molecule has 0 unspecified atom stereocenters. The molecule has 3 heterocycles. The lowest BCUT2D eigenvalue weighted by molar-refractivity contribution is 0.102. The molecule has 0 spiro atoms. The number of fused-ring (bicyclic) bond motifs is 1. The van der Waals surface area contributed by atoms with Gasteiger partial charge >= 0.3 is 0 Å². The van der Waals surface area contributed by atoms with Crippen LogP contribution in [-0.2, 0) is 0 Å². The second-order valence-electron chi connectivity index (χ2n) is 9.38. The van der Waals surface area contributed by atoms with Crippen molar-refractivity contribution in [2.24, 2.45) is 0 Å². The molecule has 2 aromatic heterocycles. The Kier molecular flexibility index (Phi) is 6.21. The molecule has 2 N–H and O–H groups in total. The number of nitrogens with zero attached hydrogens (tertiary/aromatic N) is 4. The Bertz CT molecular complexity index is 1350. The highest BCUT2D eigenvalue weighted by molar-refractivity contribution is 6.33. The van der Waals surface area contributed by atoms with Crippen molar-refractivity contribution in [2.75, 3.05) is 30.4 Å². The van der Waals surface area contributed by atoms with Gasteiger partial charge in [-0.25, -0.2) is 9.97 Å². The first-order chi connectivity index (χ1) is 16.8. The number of aromatic amines is 1. The number of pyridine rings is 1. The fourth-order valence-corrected chi connectivity index (χ4v) is 4.81. The minimum atomic E-state index is -0.209. The van der Waals surface area contributed by atoms with Gasteiger partial charge in [-0.05, 0) is 69.8 Å². The van der Waals surface area contributed by atoms with Crippen LogP contribution in [0.4, 0.5) is 11.5 Å². The molecule has 8 heteroatoms. The average Bonchev–Trinajstić information content (AvgIpc) is 3.27. The van der Waals surface area contributed by atoms with Gasteiger partial charge in [-0.15, -0.1) is 0 Å². The van der Waals surface area contributed by atoms with Crippen LogP contribution in [0.25, 0.3) is 22.4 Å². The molecule has 0 bridgehead atoms. The number of hydrogen-bond acceptors (Lipinski definition) is 5. The smallest absolute Gasteiger partial charge is 0.257 e. The van der Waals surface area contributed by atoms with Crippen LogP contribution in [0.5, 0.6) is 0 Å². The zero-order chi connectivity index (χ0) is 24.7. The van der Waals surface area contributed by atoms with Gasteiger partial charge < -0.3 is 15.2 Å². The van der Waals surface area contributed by atoms with Crippen LogP contribution in [0.15, 0.2) is 54.7 Å². The van der Waals surface area contributed by atoms with E-state index in [1.807, 2.05) is 43.3 Å². The standard InChI is InChI=1S/C27H29ClN6O/c1-16-11-25(34-14-17(2)33(4)18(3)15-34)29-13-21(16)27(35)30-19-9-10-22(28)20(12-19)26-31-23-7-5-6-8-24(23)32-26/h5-13,17-18H,14-15H2,1-4H3,(H,30,35)(H,31,32)/t17-,18+. The summed E-state index contributed by atoms with van der Waals surface area (Å²) >= 11 is 6.47. The molecule has 35 heavy (non-hydrogen) atoms. The molecular formula is C27H29ClN6O. The third kappa shape index (κ3) is 4.61. The molecule has 2 atom stereocenters. The Morgan fingerprint density at radius 2 is 1.86 bits per heavy atom. The van der Waals surface area contributed by atoms with Gasteiger partial charge in [0.2, 0.25) is 0 Å². The molecule has 2 aromatic carbocycles. The predicted molar refractivity (Wildman–Crippen MR) is 142 cm³/mol. The van der Waals surface area contributed by atoms with Crippen molar-refractivity contribution >= 4 is 40.0 Å². The third-order valence-electron chi connectivity index (χ3n) is 6.89. The first kappa shape index (κ1) is 23.3. The Balaban J connectivity index is 1.36. The highest BCUT2D eigenvalue weighted by Crippen LogP contribution is 2.31. The maximum Gasteiger partial charge on any atom is 0.257 e. The van der Waals surface area contributed by atoms with Crippen LogP contribution in [0, 0.1) is 6.92 Å². The first-order valence-electron chi connectivity index (χ1n) is 11.8. The second kappa shape index (κ2) is 9.32. The van der Waals surface area contributed by atoms with Crippen LogP contribution in [-0.4, -0.2) is 58.0 Å². The predicted octanol–water partition coefficient (Wildman–Crippen LogP) is 5.37. The fraction of sp³-hybridized carbons (Fsp3) is 0.296. The number of halogens is 1. The summed E-state index contributed by atoms with van der Waals surface area (Å²) in [5.74, 6) is 1.36. The van der Waals surface area contributed by atoms with Crippen LogP contribution < -0.4 is 10.2 Å². The molecule has 5 rings (SSSR count). The number of carbonyl (C=O) groups excluding carboxylic acids is 1. The molecule has 4 aromatic rings. The van der Waals surface area contributed by atoms with Crippen molar-refractivity contribution in [3.63, 3.8) is 0 Å². The van der Waals surface area contributed by atoms with Crippen molar-refractivity contribution in [1.29, 1.82) is 0 Å². The molecule has 0 aliphatic carbocycles. The number of piperazine rings is 1. The number of aromatic nitrogens is 3. The molecule has 1 aliphatic heterocycles. The number of amides is 1. The van der Waals surface area contributed by atoms with E-state index < -0.39 is 0 Å². The van der Waals surface area contributed by atoms with Gasteiger partial charge in [0.1, 0.15) is 11.6 Å². The number of nitrogens with one attached hydrogen (secondary N) is 2. The van der Waals surface area contributed by atoms with E-state index in [0.29, 0.717) is 34.2 Å². The van der Waals surface area contributed by atoms with Gasteiger partial charge in [-0.3, -0.25) is 9.69 Å². The highest BCUT2D eigenvalue weighted by Gasteiger charge is 2.27. The summed E-state index contributed by atoms with van der Waals surface area (Å²) in [6.45, 7) is 8.22. The summed E-state index contributed by atoms with van der Waals surface area (Å²) in [6, 6.07) is 16.1. The van der Waals surface area contributed by atoms with Crippen LogP contribution in [0.3, 0.4) is 0 Å². The van der Waals surface area contributed by atoms with Crippen molar-refractivity contribution in [3.8, 4) is 11.4 Å². The van der Waals surface area contributed by atoms with E-state index in [2.05, 4.69) is 51.0 Å². The van der Waals surface area contributed by atoms with Gasteiger partial charge in [0.25, 0.3) is 5.91 Å². The minimum absolute atomic E-state index is 0.209. The molecule has 1 saturated heterocycles. The number of likely N-dealkylation sites (N-methyl/N-ethyl adjacent to an activating group) is 1. The zero-order valence-electron chi connectivity index (χ0n) is 20.3. The Hall–Kier alpha value is -3.42. The van der Waals surface area contributed by atoms with Crippen molar-refractivity contribution in [3.05, 3.63) is 70.9 Å². The minimum Gasteiger partial charge on any atom is -0.353 e. The normalized spacial score (nSPS) is 18.7. The molecule has 7 nitrogen and oxygen atoms in total. The molecule has 0 saturated carbocycles. The monoisotopic (exact) mass is 488 g/mol. The summed E-state index contributed by atoms with van der Waals surface area (Å²) in [4.78, 5) is 30.4. The topological polar surface area (TPSA) is 77.2 Å². The van der Waals surface area contributed by atoms with Gasteiger partial charge in [0.15, 0.2) is 0 Å². The van der Waals surface area contributed by atoms with Gasteiger partial charge in [-0.1, -0.05) is 23.7 Å². The molecule has 180 valence electrons. The maximum absolute atomic E-state index is 13.1. The summed E-state index contributed by atoms with van der Waals surface area (Å²) in [7, 11) is 2.16. The van der Waals surface area contributed by atoms with E-state index in [1.54, 1.807) is 18.3 Å². The van der Waals surface area contributed by atoms with Crippen LogP contribution >= 0.6 is 11.6 Å². The quantitative estimate of drug-likeness (QED) is 0.404. The van der Waals surface area contributed by atoms with Gasteiger partial charge in [0.05, 0.1) is 21.6 Å². The maximum atomic E-state index is 13.1. The van der Waals surface area contributed by atoms with E-state index in [4.69, 9.17) is 11.6 Å². The molecule has 1 fully saturated rings. The molecule has 1 amide bonds.